The average molecular weight is 431 g/mol. The number of aliphatic hydroxyl groups is 3. The van der Waals surface area contributed by atoms with E-state index in [1.807, 2.05) is 62.4 Å². The third kappa shape index (κ3) is 8.24. The smallest absolute Gasteiger partial charge is 0.306 e. The molecular formula is C26H38O5. The summed E-state index contributed by atoms with van der Waals surface area (Å²) in [6.07, 6.45) is 9.37. The quantitative estimate of drug-likeness (QED) is 0.376. The number of hydrogen-bond donors (Lipinski definition) is 4. The molecule has 5 nitrogen and oxygen atoms in total. The van der Waals surface area contributed by atoms with Gasteiger partial charge in [-0.15, -0.1) is 0 Å². The Kier molecular flexibility index (Phi) is 10.4. The van der Waals surface area contributed by atoms with Crippen LogP contribution in [0.1, 0.15) is 51.5 Å². The zero-order valence-electron chi connectivity index (χ0n) is 18.7. The second-order valence-electron chi connectivity index (χ2n) is 9.06. The molecule has 5 heteroatoms. The lowest BCUT2D eigenvalue weighted by molar-refractivity contribution is -0.143. The van der Waals surface area contributed by atoms with Crippen molar-refractivity contribution < 1.29 is 25.2 Å². The Bertz CT molecular complexity index is 712. The first-order chi connectivity index (χ1) is 14.8. The molecular weight excluding hydrogens is 392 g/mol. The molecule has 1 unspecified atom stereocenters. The molecule has 1 fully saturated rings. The van der Waals surface area contributed by atoms with E-state index in [9.17, 15) is 25.2 Å². The normalized spacial score (nSPS) is 26.1. The van der Waals surface area contributed by atoms with Gasteiger partial charge in [0.15, 0.2) is 0 Å². The first kappa shape index (κ1) is 25.3. The number of aliphatic hydroxyl groups excluding tert-OH is 3. The fourth-order valence-electron chi connectivity index (χ4n) is 4.41. The zero-order chi connectivity index (χ0) is 22.8. The van der Waals surface area contributed by atoms with Gasteiger partial charge < -0.3 is 20.4 Å². The molecule has 0 aliphatic heterocycles. The van der Waals surface area contributed by atoms with E-state index >= 15 is 0 Å². The molecule has 4 N–H and O–H groups in total. The monoisotopic (exact) mass is 430 g/mol. The topological polar surface area (TPSA) is 98.0 Å². The maximum absolute atomic E-state index is 11.3. The summed E-state index contributed by atoms with van der Waals surface area (Å²) < 4.78 is 0. The van der Waals surface area contributed by atoms with Crippen molar-refractivity contribution in [1.29, 1.82) is 0 Å². The summed E-state index contributed by atoms with van der Waals surface area (Å²) in [5.41, 5.74) is 1.18. The minimum atomic E-state index is -0.756. The Hall–Kier alpha value is -1.95. The van der Waals surface area contributed by atoms with Crippen LogP contribution in [0, 0.1) is 23.7 Å². The van der Waals surface area contributed by atoms with Crippen LogP contribution >= 0.6 is 0 Å². The fourth-order valence-corrected chi connectivity index (χ4v) is 4.41. The Labute approximate surface area is 186 Å². The minimum Gasteiger partial charge on any atom is -0.481 e. The molecule has 1 aliphatic rings. The van der Waals surface area contributed by atoms with Crippen LogP contribution in [0.2, 0.25) is 0 Å². The first-order valence-electron chi connectivity index (χ1n) is 11.4. The second-order valence-corrected chi connectivity index (χ2v) is 9.06. The molecule has 1 aliphatic carbocycles. The summed E-state index contributed by atoms with van der Waals surface area (Å²) in [7, 11) is 0. The van der Waals surface area contributed by atoms with Gasteiger partial charge in [0.25, 0.3) is 0 Å². The van der Waals surface area contributed by atoms with Crippen molar-refractivity contribution in [2.45, 2.75) is 70.7 Å². The number of aryl methyl sites for hydroxylation is 1. The second kappa shape index (κ2) is 12.8. The number of aliphatic carboxylic acids is 1. The van der Waals surface area contributed by atoms with Crippen LogP contribution in [0.15, 0.2) is 54.6 Å². The van der Waals surface area contributed by atoms with Crippen molar-refractivity contribution in [3.05, 3.63) is 60.2 Å². The van der Waals surface area contributed by atoms with Crippen LogP contribution in [0.3, 0.4) is 0 Å². The van der Waals surface area contributed by atoms with Gasteiger partial charge in [0.1, 0.15) is 0 Å². The van der Waals surface area contributed by atoms with E-state index < -0.39 is 24.3 Å². The molecule has 31 heavy (non-hydrogen) atoms. The van der Waals surface area contributed by atoms with Crippen LogP contribution in [0.4, 0.5) is 0 Å². The molecule has 1 aromatic carbocycles. The number of carboxylic acid groups (broad SMARTS) is 1. The molecule has 0 heterocycles. The first-order valence-corrected chi connectivity index (χ1v) is 11.4. The van der Waals surface area contributed by atoms with Crippen LogP contribution in [-0.2, 0) is 11.2 Å². The summed E-state index contributed by atoms with van der Waals surface area (Å²) in [4.78, 5) is 11.3. The summed E-state index contributed by atoms with van der Waals surface area (Å²) in [6, 6.07) is 10.0. The van der Waals surface area contributed by atoms with E-state index in [0.717, 1.165) is 6.42 Å². The summed E-state index contributed by atoms with van der Waals surface area (Å²) in [6.45, 7) is 3.84. The lowest BCUT2D eigenvalue weighted by atomic mass is 9.88. The van der Waals surface area contributed by atoms with Crippen LogP contribution < -0.4 is 0 Å². The van der Waals surface area contributed by atoms with Crippen LogP contribution in [-0.4, -0.2) is 44.7 Å². The standard InChI is InChI=1S/C26H38O5/c1-18(2)21(26(30)31)11-7-4-8-12-22-23(25(29)17-24(22)28)16-15-20(27)14-13-19-9-5-3-6-10-19/h3-6,8-10,15-16,18,20-25,27-29H,7,11-14,17H2,1-2H3,(H,30,31)/t20-,21?,22+,23+,24-,25+/m0/s1. The van der Waals surface area contributed by atoms with E-state index in [1.54, 1.807) is 6.08 Å². The van der Waals surface area contributed by atoms with Crippen LogP contribution in [0.5, 0.6) is 0 Å². The average Bonchev–Trinajstić information content (AvgIpc) is 2.99. The van der Waals surface area contributed by atoms with Gasteiger partial charge in [-0.2, -0.15) is 0 Å². The number of carbonyl (C=O) groups is 1. The Morgan fingerprint density at radius 3 is 2.45 bits per heavy atom. The van der Waals surface area contributed by atoms with Gasteiger partial charge in [-0.05, 0) is 49.5 Å². The maximum atomic E-state index is 11.3. The predicted molar refractivity (Wildman–Crippen MR) is 122 cm³/mol. The number of rotatable bonds is 12. The lowest BCUT2D eigenvalue weighted by Gasteiger charge is -2.20. The summed E-state index contributed by atoms with van der Waals surface area (Å²) in [5, 5.41) is 40.3. The molecule has 0 aromatic heterocycles. The molecule has 0 saturated heterocycles. The van der Waals surface area contributed by atoms with Gasteiger partial charge in [0.05, 0.1) is 24.2 Å². The summed E-state index contributed by atoms with van der Waals surface area (Å²) in [5.74, 6) is -1.32. The third-order valence-electron chi connectivity index (χ3n) is 6.38. The highest BCUT2D eigenvalue weighted by Crippen LogP contribution is 2.36. The molecule has 172 valence electrons. The van der Waals surface area contributed by atoms with Crippen molar-refractivity contribution in [3.8, 4) is 0 Å². The van der Waals surface area contributed by atoms with Gasteiger partial charge in [-0.1, -0.05) is 68.5 Å². The van der Waals surface area contributed by atoms with Crippen molar-refractivity contribution in [2.75, 3.05) is 0 Å². The number of allylic oxidation sites excluding steroid dienone is 2. The van der Waals surface area contributed by atoms with Crippen molar-refractivity contribution in [2.24, 2.45) is 23.7 Å². The zero-order valence-corrected chi connectivity index (χ0v) is 18.7. The highest BCUT2D eigenvalue weighted by atomic mass is 16.4. The number of hydrogen-bond acceptors (Lipinski definition) is 4. The maximum Gasteiger partial charge on any atom is 0.306 e. The van der Waals surface area contributed by atoms with Gasteiger partial charge in [-0.25, -0.2) is 0 Å². The third-order valence-corrected chi connectivity index (χ3v) is 6.38. The van der Waals surface area contributed by atoms with Crippen molar-refractivity contribution in [3.63, 3.8) is 0 Å². The highest BCUT2D eigenvalue weighted by Gasteiger charge is 2.39. The van der Waals surface area contributed by atoms with E-state index in [2.05, 4.69) is 0 Å². The molecule has 0 amide bonds. The molecule has 0 bridgehead atoms. The van der Waals surface area contributed by atoms with Gasteiger partial charge in [0.2, 0.25) is 0 Å². The molecule has 6 atom stereocenters. The van der Waals surface area contributed by atoms with Crippen molar-refractivity contribution >= 4 is 5.97 Å². The minimum absolute atomic E-state index is 0.0977. The van der Waals surface area contributed by atoms with E-state index in [4.69, 9.17) is 0 Å². The fraction of sp³-hybridized carbons (Fsp3) is 0.577. The lowest BCUT2D eigenvalue weighted by Crippen LogP contribution is -2.20. The van der Waals surface area contributed by atoms with Gasteiger partial charge >= 0.3 is 5.97 Å². The molecule has 0 spiro atoms. The van der Waals surface area contributed by atoms with E-state index in [1.165, 1.54) is 5.56 Å². The number of benzene rings is 1. The van der Waals surface area contributed by atoms with Gasteiger partial charge in [0, 0.05) is 12.3 Å². The molecule has 0 radical (unpaired) electrons. The molecule has 1 aromatic rings. The largest absolute Gasteiger partial charge is 0.481 e. The Balaban J connectivity index is 1.84. The van der Waals surface area contributed by atoms with E-state index in [-0.39, 0.29) is 23.7 Å². The van der Waals surface area contributed by atoms with Crippen LogP contribution in [0.25, 0.3) is 0 Å². The predicted octanol–water partition coefficient (Wildman–Crippen LogP) is 3.98. The molecule has 1 saturated carbocycles. The molecule has 2 rings (SSSR count). The summed E-state index contributed by atoms with van der Waals surface area (Å²) >= 11 is 0. The SMILES string of the molecule is CC(C)C(CCC=CC[C@@H]1[C@@H](C=C[C@@H](O)CCc2ccccc2)[C@H](O)C[C@@H]1O)C(=O)O. The van der Waals surface area contributed by atoms with Crippen molar-refractivity contribution in [1.82, 2.24) is 0 Å². The highest BCUT2D eigenvalue weighted by molar-refractivity contribution is 5.70. The van der Waals surface area contributed by atoms with E-state index in [0.29, 0.717) is 32.1 Å². The Morgan fingerprint density at radius 2 is 1.81 bits per heavy atom. The Morgan fingerprint density at radius 1 is 1.10 bits per heavy atom. The number of carboxylic acids is 1. The van der Waals surface area contributed by atoms with Gasteiger partial charge in [-0.3, -0.25) is 4.79 Å².